The lowest BCUT2D eigenvalue weighted by Crippen LogP contribution is -2.70. The summed E-state index contributed by atoms with van der Waals surface area (Å²) in [6.45, 7) is 2.08. The fourth-order valence-electron chi connectivity index (χ4n) is 3.61. The quantitative estimate of drug-likeness (QED) is 0.148. The first-order valence-electron chi connectivity index (χ1n) is 12.3. The van der Waals surface area contributed by atoms with E-state index in [2.05, 4.69) is 21.6 Å². The molecule has 0 N–H and O–H groups in total. The van der Waals surface area contributed by atoms with E-state index in [0.717, 1.165) is 63.1 Å². The number of hydrogen-bond acceptors (Lipinski definition) is 3. The Morgan fingerprint density at radius 2 is 1.10 bits per heavy atom. The van der Waals surface area contributed by atoms with Crippen molar-refractivity contribution >= 4 is 0 Å². The normalized spacial score (nSPS) is 13.9. The van der Waals surface area contributed by atoms with Crippen LogP contribution in [-0.2, 0) is 6.42 Å². The van der Waals surface area contributed by atoms with Crippen LogP contribution in [0.25, 0.3) is 11.4 Å². The van der Waals surface area contributed by atoms with Crippen LogP contribution < -0.4 is 4.74 Å². The molecule has 1 heterocycles. The molecule has 1 aromatic carbocycles. The molecule has 2 rings (SSSR count). The van der Waals surface area contributed by atoms with E-state index in [1.165, 1.54) is 12.4 Å². The molecule has 0 bridgehead atoms. The SMILES string of the molecule is CCCCCCCCCc1cnc(-c2ccccc2OC(F)(F)C(F)(F)C(F)(F)C(F)(F)C(F)(F)C(F)(F)F)nc1. The van der Waals surface area contributed by atoms with Crippen LogP contribution in [-0.4, -0.2) is 45.9 Å². The molecule has 232 valence electrons. The molecular weight excluding hydrogens is 591 g/mol. The Hall–Kier alpha value is -2.81. The highest BCUT2D eigenvalue weighted by molar-refractivity contribution is 5.63. The highest BCUT2D eigenvalue weighted by atomic mass is 19.4. The number of para-hydroxylation sites is 1. The lowest BCUT2D eigenvalue weighted by molar-refractivity contribution is -0.456. The van der Waals surface area contributed by atoms with Gasteiger partial charge in [0.15, 0.2) is 5.82 Å². The number of ether oxygens (including phenoxy) is 1. The molecule has 0 aliphatic heterocycles. The fraction of sp³-hybridized carbons (Fsp3) is 0.600. The second-order valence-corrected chi connectivity index (χ2v) is 9.20. The van der Waals surface area contributed by atoms with Crippen molar-refractivity contribution < 1.29 is 61.8 Å². The van der Waals surface area contributed by atoms with Gasteiger partial charge in [0, 0.05) is 12.4 Å². The van der Waals surface area contributed by atoms with Gasteiger partial charge in [-0.05, 0) is 30.5 Å². The van der Waals surface area contributed by atoms with Gasteiger partial charge in [-0.1, -0.05) is 57.6 Å². The smallest absolute Gasteiger partial charge is 0.427 e. The molecule has 41 heavy (non-hydrogen) atoms. The predicted molar refractivity (Wildman–Crippen MR) is 121 cm³/mol. The van der Waals surface area contributed by atoms with Crippen LogP contribution in [0.15, 0.2) is 36.7 Å². The van der Waals surface area contributed by atoms with Crippen LogP contribution >= 0.6 is 0 Å². The Bertz CT molecular complexity index is 1120. The average Bonchev–Trinajstić information content (AvgIpc) is 2.87. The Morgan fingerprint density at radius 1 is 0.610 bits per heavy atom. The first-order chi connectivity index (χ1) is 18.7. The second kappa shape index (κ2) is 12.6. The molecule has 0 fully saturated rings. The Morgan fingerprint density at radius 3 is 1.63 bits per heavy atom. The minimum atomic E-state index is -8.01. The van der Waals surface area contributed by atoms with Gasteiger partial charge in [0.05, 0.1) is 5.56 Å². The summed E-state index contributed by atoms with van der Waals surface area (Å²) in [5.41, 5.74) is -0.0221. The van der Waals surface area contributed by atoms with E-state index >= 15 is 0 Å². The molecule has 0 unspecified atom stereocenters. The molecule has 1 aromatic heterocycles. The van der Waals surface area contributed by atoms with Crippen molar-refractivity contribution in [1.29, 1.82) is 0 Å². The van der Waals surface area contributed by atoms with E-state index in [-0.39, 0.29) is 0 Å². The largest absolute Gasteiger partial charge is 0.471 e. The maximum Gasteiger partial charge on any atom is 0.471 e. The number of unbranched alkanes of at least 4 members (excludes halogenated alkanes) is 6. The standard InChI is InChI=1S/C25H25F13N2O/c1-2-3-4-5-6-7-8-11-16-14-39-19(40-15-16)17-12-9-10-13-18(17)41-25(37,38)23(32,33)21(28,29)20(26,27)22(30,31)24(34,35)36/h9-10,12-15H,2-8,11H2,1H3. The summed E-state index contributed by atoms with van der Waals surface area (Å²) in [7, 11) is 0. The minimum absolute atomic E-state index is 0.455. The lowest BCUT2D eigenvalue weighted by atomic mass is 9.97. The van der Waals surface area contributed by atoms with Crippen LogP contribution in [0.4, 0.5) is 57.1 Å². The van der Waals surface area contributed by atoms with E-state index in [0.29, 0.717) is 18.1 Å². The zero-order valence-electron chi connectivity index (χ0n) is 21.3. The van der Waals surface area contributed by atoms with Crippen molar-refractivity contribution in [1.82, 2.24) is 9.97 Å². The number of aryl methyl sites for hydroxylation is 1. The molecule has 0 aliphatic rings. The Kier molecular flexibility index (Phi) is 10.6. The van der Waals surface area contributed by atoms with Crippen LogP contribution in [0.2, 0.25) is 0 Å². The van der Waals surface area contributed by atoms with Crippen molar-refractivity contribution in [3.8, 4) is 17.1 Å². The molecule has 0 amide bonds. The molecule has 0 atom stereocenters. The molecule has 16 heteroatoms. The summed E-state index contributed by atoms with van der Waals surface area (Å²) >= 11 is 0. The van der Waals surface area contributed by atoms with Gasteiger partial charge in [0.2, 0.25) is 0 Å². The summed E-state index contributed by atoms with van der Waals surface area (Å²) < 4.78 is 178. The first kappa shape index (κ1) is 34.4. The maximum absolute atomic E-state index is 14.3. The van der Waals surface area contributed by atoms with Crippen LogP contribution in [0, 0.1) is 0 Å². The third-order valence-corrected chi connectivity index (χ3v) is 6.04. The first-order valence-corrected chi connectivity index (χ1v) is 12.3. The minimum Gasteiger partial charge on any atom is -0.427 e. The maximum atomic E-state index is 14.3. The molecule has 3 nitrogen and oxygen atoms in total. The van der Waals surface area contributed by atoms with Gasteiger partial charge in [-0.15, -0.1) is 0 Å². The molecule has 0 saturated heterocycles. The summed E-state index contributed by atoms with van der Waals surface area (Å²) in [5.74, 6) is -33.2. The van der Waals surface area contributed by atoms with E-state index < -0.39 is 53.1 Å². The molecule has 2 aromatic rings. The molecule has 0 saturated carbocycles. The average molecular weight is 616 g/mol. The summed E-state index contributed by atoms with van der Waals surface area (Å²) in [6, 6.07) is 3.39. The summed E-state index contributed by atoms with van der Waals surface area (Å²) in [5, 5.41) is 0. The van der Waals surface area contributed by atoms with Gasteiger partial charge < -0.3 is 4.74 Å². The number of rotatable bonds is 15. The number of nitrogens with zero attached hydrogens (tertiary/aromatic N) is 2. The zero-order chi connectivity index (χ0) is 31.3. The van der Waals surface area contributed by atoms with Gasteiger partial charge >= 0.3 is 36.0 Å². The molecule has 0 radical (unpaired) electrons. The Labute approximate surface area is 226 Å². The number of aromatic nitrogens is 2. The zero-order valence-corrected chi connectivity index (χ0v) is 21.3. The number of alkyl halides is 13. The number of benzene rings is 1. The summed E-state index contributed by atoms with van der Waals surface area (Å²) in [4.78, 5) is 7.75. The third-order valence-electron chi connectivity index (χ3n) is 6.04. The van der Waals surface area contributed by atoms with Crippen LogP contribution in [0.1, 0.15) is 57.4 Å². The fourth-order valence-corrected chi connectivity index (χ4v) is 3.61. The molecular formula is C25H25F13N2O. The van der Waals surface area contributed by atoms with Gasteiger partial charge in [-0.25, -0.2) is 9.97 Å². The van der Waals surface area contributed by atoms with Crippen LogP contribution in [0.5, 0.6) is 5.75 Å². The van der Waals surface area contributed by atoms with Gasteiger partial charge in [-0.3, -0.25) is 0 Å². The Balaban J connectivity index is 2.26. The van der Waals surface area contributed by atoms with Crippen molar-refractivity contribution in [3.05, 3.63) is 42.2 Å². The molecule has 0 aliphatic carbocycles. The van der Waals surface area contributed by atoms with Crippen LogP contribution in [0.3, 0.4) is 0 Å². The van der Waals surface area contributed by atoms with Crippen molar-refractivity contribution in [2.75, 3.05) is 0 Å². The predicted octanol–water partition coefficient (Wildman–Crippen LogP) is 9.51. The second-order valence-electron chi connectivity index (χ2n) is 9.20. The number of hydrogen-bond donors (Lipinski definition) is 0. The summed E-state index contributed by atoms with van der Waals surface area (Å²) in [6.07, 6.45) is -4.08. The highest BCUT2D eigenvalue weighted by Gasteiger charge is 2.91. The van der Waals surface area contributed by atoms with Crippen molar-refractivity contribution in [2.45, 2.75) is 94.3 Å². The lowest BCUT2D eigenvalue weighted by Gasteiger charge is -2.39. The highest BCUT2D eigenvalue weighted by Crippen LogP contribution is 2.60. The van der Waals surface area contributed by atoms with Crippen molar-refractivity contribution in [3.63, 3.8) is 0 Å². The van der Waals surface area contributed by atoms with E-state index in [4.69, 9.17) is 0 Å². The molecule has 0 spiro atoms. The van der Waals surface area contributed by atoms with E-state index in [1.807, 2.05) is 0 Å². The van der Waals surface area contributed by atoms with E-state index in [1.54, 1.807) is 0 Å². The number of halogens is 13. The van der Waals surface area contributed by atoms with E-state index in [9.17, 15) is 57.1 Å². The third kappa shape index (κ3) is 6.99. The van der Waals surface area contributed by atoms with Gasteiger partial charge in [0.25, 0.3) is 0 Å². The van der Waals surface area contributed by atoms with Gasteiger partial charge in [0.1, 0.15) is 5.75 Å². The monoisotopic (exact) mass is 616 g/mol. The van der Waals surface area contributed by atoms with Gasteiger partial charge in [-0.2, -0.15) is 57.1 Å². The van der Waals surface area contributed by atoms with Crippen molar-refractivity contribution in [2.24, 2.45) is 0 Å². The topological polar surface area (TPSA) is 35.0 Å².